The summed E-state index contributed by atoms with van der Waals surface area (Å²) in [4.78, 5) is 0. The molecular weight excluding hydrogens is 288 g/mol. The van der Waals surface area contributed by atoms with E-state index in [-0.39, 0.29) is 18.8 Å². The lowest BCUT2D eigenvalue weighted by atomic mass is 10.2. The number of nitrogens with one attached hydrogen (secondary N) is 1. The molecule has 1 N–H and O–H groups in total. The molecule has 0 saturated carbocycles. The molecule has 0 aromatic heterocycles. The van der Waals surface area contributed by atoms with Gasteiger partial charge in [-0.2, -0.15) is 12.7 Å². The molecule has 1 aromatic rings. The second-order valence-electron chi connectivity index (χ2n) is 4.27. The van der Waals surface area contributed by atoms with Gasteiger partial charge in [0, 0.05) is 26.4 Å². The summed E-state index contributed by atoms with van der Waals surface area (Å²) in [5, 5.41) is 0. The molecular formula is C11H18N2O4S2. The Hall–Kier alpha value is -0.960. The first kappa shape index (κ1) is 16.1. The number of hydrogen-bond donors (Lipinski definition) is 1. The molecule has 1 aromatic carbocycles. The highest BCUT2D eigenvalue weighted by molar-refractivity contribution is 7.90. The van der Waals surface area contributed by atoms with Gasteiger partial charge in [0.1, 0.15) is 9.84 Å². The van der Waals surface area contributed by atoms with Gasteiger partial charge >= 0.3 is 0 Å². The third-order valence-corrected chi connectivity index (χ3v) is 4.88. The third kappa shape index (κ3) is 6.15. The summed E-state index contributed by atoms with van der Waals surface area (Å²) in [5.41, 5.74) is 0.860. The predicted molar refractivity (Wildman–Crippen MR) is 74.5 cm³/mol. The lowest BCUT2D eigenvalue weighted by Crippen LogP contribution is -2.39. The molecule has 0 radical (unpaired) electrons. The maximum Gasteiger partial charge on any atom is 0.279 e. The van der Waals surface area contributed by atoms with E-state index < -0.39 is 20.0 Å². The average Bonchev–Trinajstić information content (AvgIpc) is 2.28. The van der Waals surface area contributed by atoms with Gasteiger partial charge < -0.3 is 0 Å². The van der Waals surface area contributed by atoms with Crippen LogP contribution in [0.5, 0.6) is 0 Å². The molecule has 1 rings (SSSR count). The zero-order valence-electron chi connectivity index (χ0n) is 10.9. The topological polar surface area (TPSA) is 83.6 Å². The Morgan fingerprint density at radius 1 is 1.11 bits per heavy atom. The molecule has 0 fully saturated rings. The van der Waals surface area contributed by atoms with Gasteiger partial charge in [-0.1, -0.05) is 30.3 Å². The molecule has 0 aliphatic rings. The molecule has 6 nitrogen and oxygen atoms in total. The van der Waals surface area contributed by atoms with Crippen LogP contribution >= 0.6 is 0 Å². The fourth-order valence-corrected chi connectivity index (χ4v) is 2.89. The van der Waals surface area contributed by atoms with Gasteiger partial charge in [0.25, 0.3) is 10.2 Å². The Labute approximate surface area is 114 Å². The smallest absolute Gasteiger partial charge is 0.229 e. The zero-order valence-corrected chi connectivity index (χ0v) is 12.5. The summed E-state index contributed by atoms with van der Waals surface area (Å²) < 4.78 is 48.9. The minimum atomic E-state index is -3.66. The van der Waals surface area contributed by atoms with E-state index in [1.54, 1.807) is 0 Å². The molecule has 0 bridgehead atoms. The van der Waals surface area contributed by atoms with Crippen molar-refractivity contribution in [2.75, 3.05) is 25.6 Å². The summed E-state index contributed by atoms with van der Waals surface area (Å²) in [6, 6.07) is 9.15. The molecule has 0 unspecified atom stereocenters. The van der Waals surface area contributed by atoms with E-state index in [1.165, 1.54) is 7.05 Å². The Morgan fingerprint density at radius 3 is 2.21 bits per heavy atom. The number of rotatable bonds is 7. The lowest BCUT2D eigenvalue weighted by molar-refractivity contribution is 0.456. The molecule has 8 heteroatoms. The molecule has 0 amide bonds. The van der Waals surface area contributed by atoms with Crippen molar-refractivity contribution in [1.82, 2.24) is 9.03 Å². The van der Waals surface area contributed by atoms with E-state index in [0.29, 0.717) is 0 Å². The van der Waals surface area contributed by atoms with Gasteiger partial charge in [-0.15, -0.1) is 0 Å². The van der Waals surface area contributed by atoms with Gasteiger partial charge in [-0.3, -0.25) is 0 Å². The predicted octanol–water partition coefficient (Wildman–Crippen LogP) is -0.00260. The molecule has 0 spiro atoms. The molecule has 0 atom stereocenters. The van der Waals surface area contributed by atoms with E-state index in [2.05, 4.69) is 4.72 Å². The summed E-state index contributed by atoms with van der Waals surface area (Å²) in [7, 11) is -5.40. The van der Waals surface area contributed by atoms with Crippen molar-refractivity contribution in [3.8, 4) is 0 Å². The number of sulfone groups is 1. The van der Waals surface area contributed by atoms with Crippen molar-refractivity contribution in [3.05, 3.63) is 35.9 Å². The number of benzene rings is 1. The van der Waals surface area contributed by atoms with Crippen LogP contribution in [0.2, 0.25) is 0 Å². The van der Waals surface area contributed by atoms with Crippen molar-refractivity contribution in [3.63, 3.8) is 0 Å². The van der Waals surface area contributed by atoms with Gasteiger partial charge in [0.15, 0.2) is 0 Å². The zero-order chi connectivity index (χ0) is 14.5. The molecule has 19 heavy (non-hydrogen) atoms. The highest BCUT2D eigenvalue weighted by atomic mass is 32.2. The lowest BCUT2D eigenvalue weighted by Gasteiger charge is -2.17. The van der Waals surface area contributed by atoms with Gasteiger partial charge in [-0.05, 0) is 5.56 Å². The van der Waals surface area contributed by atoms with Crippen LogP contribution in [0.15, 0.2) is 30.3 Å². The second kappa shape index (κ2) is 6.47. The van der Waals surface area contributed by atoms with Gasteiger partial charge in [-0.25, -0.2) is 13.1 Å². The monoisotopic (exact) mass is 306 g/mol. The van der Waals surface area contributed by atoms with Gasteiger partial charge in [0.2, 0.25) is 0 Å². The largest absolute Gasteiger partial charge is 0.279 e. The molecule has 0 saturated heterocycles. The Balaban J connectivity index is 2.57. The van der Waals surface area contributed by atoms with Crippen molar-refractivity contribution < 1.29 is 16.8 Å². The maximum atomic E-state index is 11.8. The third-order valence-electron chi connectivity index (χ3n) is 2.42. The first-order valence-corrected chi connectivity index (χ1v) is 9.13. The highest BCUT2D eigenvalue weighted by Crippen LogP contribution is 2.05. The van der Waals surface area contributed by atoms with Crippen LogP contribution in [0.4, 0.5) is 0 Å². The SMILES string of the molecule is CN(Cc1ccccc1)S(=O)(=O)NCCS(C)(=O)=O. The van der Waals surface area contributed by atoms with Crippen LogP contribution in [-0.4, -0.2) is 46.7 Å². The minimum absolute atomic E-state index is 0.125. The molecule has 0 aliphatic carbocycles. The molecule has 0 heterocycles. The summed E-state index contributed by atoms with van der Waals surface area (Å²) in [6.07, 6.45) is 1.06. The summed E-state index contributed by atoms with van der Waals surface area (Å²) in [6.45, 7) is 0.106. The first-order valence-electron chi connectivity index (χ1n) is 5.63. The van der Waals surface area contributed by atoms with Crippen molar-refractivity contribution >= 4 is 20.0 Å². The van der Waals surface area contributed by atoms with E-state index in [9.17, 15) is 16.8 Å². The van der Waals surface area contributed by atoms with E-state index in [0.717, 1.165) is 16.1 Å². The van der Waals surface area contributed by atoms with Crippen molar-refractivity contribution in [2.24, 2.45) is 0 Å². The number of hydrogen-bond acceptors (Lipinski definition) is 4. The summed E-state index contributed by atoms with van der Waals surface area (Å²) >= 11 is 0. The molecule has 108 valence electrons. The quantitative estimate of drug-likeness (QED) is 0.768. The second-order valence-corrected chi connectivity index (χ2v) is 8.39. The highest BCUT2D eigenvalue weighted by Gasteiger charge is 2.17. The summed E-state index contributed by atoms with van der Waals surface area (Å²) in [5.74, 6) is -0.217. The normalized spacial score (nSPS) is 12.8. The van der Waals surface area contributed by atoms with Crippen LogP contribution in [0.25, 0.3) is 0 Å². The van der Waals surface area contributed by atoms with Crippen molar-refractivity contribution in [1.29, 1.82) is 0 Å². The minimum Gasteiger partial charge on any atom is -0.229 e. The average molecular weight is 306 g/mol. The molecule has 0 aliphatic heterocycles. The fourth-order valence-electron chi connectivity index (χ4n) is 1.39. The van der Waals surface area contributed by atoms with E-state index >= 15 is 0 Å². The Bertz CT molecular complexity index is 597. The number of nitrogens with zero attached hydrogens (tertiary/aromatic N) is 1. The van der Waals surface area contributed by atoms with Crippen LogP contribution < -0.4 is 4.72 Å². The van der Waals surface area contributed by atoms with Crippen LogP contribution in [0.1, 0.15) is 5.56 Å². The Kier molecular flexibility index (Phi) is 5.48. The van der Waals surface area contributed by atoms with Gasteiger partial charge in [0.05, 0.1) is 5.75 Å². The first-order chi connectivity index (χ1) is 8.71. The van der Waals surface area contributed by atoms with Crippen LogP contribution in [-0.2, 0) is 26.6 Å². The van der Waals surface area contributed by atoms with Crippen molar-refractivity contribution in [2.45, 2.75) is 6.54 Å². The van der Waals surface area contributed by atoms with E-state index in [1.807, 2.05) is 30.3 Å². The Morgan fingerprint density at radius 2 is 1.68 bits per heavy atom. The van der Waals surface area contributed by atoms with E-state index in [4.69, 9.17) is 0 Å². The standard InChI is InChI=1S/C11H18N2O4S2/c1-13(10-11-6-4-3-5-7-11)19(16,17)12-8-9-18(2,14)15/h3-7,12H,8-10H2,1-2H3. The van der Waals surface area contributed by atoms with Crippen LogP contribution in [0, 0.1) is 0 Å². The maximum absolute atomic E-state index is 11.8. The fraction of sp³-hybridized carbons (Fsp3) is 0.455. The van der Waals surface area contributed by atoms with Crippen LogP contribution in [0.3, 0.4) is 0 Å².